The average molecular weight is 405 g/mol. The second-order valence-corrected chi connectivity index (χ2v) is 7.61. The first kappa shape index (κ1) is 18.9. The quantitative estimate of drug-likeness (QED) is 0.499. The van der Waals surface area contributed by atoms with Crippen molar-refractivity contribution in [1.82, 2.24) is 10.3 Å². The molecule has 2 heterocycles. The van der Waals surface area contributed by atoms with E-state index in [9.17, 15) is 9.59 Å². The zero-order valence-corrected chi connectivity index (χ0v) is 16.6. The van der Waals surface area contributed by atoms with E-state index in [1.807, 2.05) is 48.5 Å². The normalized spacial score (nSPS) is 10.8. The number of rotatable bonds is 6. The number of benzene rings is 2. The van der Waals surface area contributed by atoms with Gasteiger partial charge in [-0.15, -0.1) is 11.3 Å². The summed E-state index contributed by atoms with van der Waals surface area (Å²) in [4.78, 5) is 27.8. The molecule has 0 spiro atoms. The molecule has 0 aliphatic carbocycles. The van der Waals surface area contributed by atoms with Crippen LogP contribution in [0.4, 0.5) is 5.69 Å². The van der Waals surface area contributed by atoms with Crippen molar-refractivity contribution in [3.8, 4) is 10.8 Å². The monoisotopic (exact) mass is 405 g/mol. The SMILES string of the molecule is CC(=O)Nc1ccc(CC(=O)NCc2ccc(-c3nc4ccccc4s3)o2)cc1. The first-order valence-corrected chi connectivity index (χ1v) is 9.96. The summed E-state index contributed by atoms with van der Waals surface area (Å²) in [6.45, 7) is 1.77. The Morgan fingerprint density at radius 2 is 1.83 bits per heavy atom. The van der Waals surface area contributed by atoms with Crippen LogP contribution in [0.25, 0.3) is 21.0 Å². The minimum atomic E-state index is -0.126. The molecule has 0 atom stereocenters. The van der Waals surface area contributed by atoms with E-state index in [2.05, 4.69) is 15.6 Å². The van der Waals surface area contributed by atoms with E-state index in [-0.39, 0.29) is 18.2 Å². The molecule has 0 bridgehead atoms. The topological polar surface area (TPSA) is 84.2 Å². The van der Waals surface area contributed by atoms with Gasteiger partial charge in [0.1, 0.15) is 5.76 Å². The third-order valence-corrected chi connectivity index (χ3v) is 5.32. The van der Waals surface area contributed by atoms with Crippen molar-refractivity contribution >= 4 is 39.1 Å². The number of carbonyl (C=O) groups is 2. The molecule has 0 saturated carbocycles. The minimum absolute atomic E-state index is 0.102. The molecular formula is C22H19N3O3S. The van der Waals surface area contributed by atoms with Gasteiger partial charge in [-0.3, -0.25) is 9.59 Å². The van der Waals surface area contributed by atoms with E-state index in [1.54, 1.807) is 23.5 Å². The highest BCUT2D eigenvalue weighted by Crippen LogP contribution is 2.31. The third kappa shape index (κ3) is 4.70. The van der Waals surface area contributed by atoms with Crippen molar-refractivity contribution in [1.29, 1.82) is 0 Å². The van der Waals surface area contributed by atoms with E-state index < -0.39 is 0 Å². The molecular weight excluding hydrogens is 386 g/mol. The summed E-state index contributed by atoms with van der Waals surface area (Å²) < 4.78 is 6.96. The van der Waals surface area contributed by atoms with E-state index >= 15 is 0 Å². The van der Waals surface area contributed by atoms with Crippen LogP contribution < -0.4 is 10.6 Å². The van der Waals surface area contributed by atoms with Crippen LogP contribution in [0, 0.1) is 0 Å². The molecule has 0 fully saturated rings. The van der Waals surface area contributed by atoms with E-state index in [4.69, 9.17) is 4.42 Å². The molecule has 0 aliphatic rings. The molecule has 146 valence electrons. The van der Waals surface area contributed by atoms with Crippen LogP contribution >= 0.6 is 11.3 Å². The van der Waals surface area contributed by atoms with Crippen LogP contribution in [0.15, 0.2) is 65.1 Å². The van der Waals surface area contributed by atoms with E-state index in [0.717, 1.165) is 20.8 Å². The second-order valence-electron chi connectivity index (χ2n) is 6.58. The fourth-order valence-electron chi connectivity index (χ4n) is 2.91. The average Bonchev–Trinajstić information content (AvgIpc) is 3.34. The fourth-order valence-corrected chi connectivity index (χ4v) is 3.84. The summed E-state index contributed by atoms with van der Waals surface area (Å²) in [5.74, 6) is 1.15. The Morgan fingerprint density at radius 3 is 2.59 bits per heavy atom. The van der Waals surface area contributed by atoms with Gasteiger partial charge in [0.25, 0.3) is 0 Å². The number of aromatic nitrogens is 1. The number of anilines is 1. The Labute approximate surface area is 171 Å². The zero-order chi connectivity index (χ0) is 20.2. The highest BCUT2D eigenvalue weighted by Gasteiger charge is 2.11. The van der Waals surface area contributed by atoms with Gasteiger partial charge in [-0.2, -0.15) is 0 Å². The van der Waals surface area contributed by atoms with Crippen LogP contribution in [-0.2, 0) is 22.6 Å². The summed E-state index contributed by atoms with van der Waals surface area (Å²) in [6.07, 6.45) is 0.256. The van der Waals surface area contributed by atoms with Crippen LogP contribution in [0.2, 0.25) is 0 Å². The lowest BCUT2D eigenvalue weighted by Crippen LogP contribution is -2.24. The molecule has 0 unspecified atom stereocenters. The standard InChI is InChI=1S/C22H19N3O3S/c1-14(26)24-16-8-6-15(7-9-16)12-21(27)23-13-17-10-11-19(28-17)22-25-18-4-2-3-5-20(18)29-22/h2-11H,12-13H2,1H3,(H,23,27)(H,24,26). The Morgan fingerprint density at radius 1 is 1.03 bits per heavy atom. The second kappa shape index (κ2) is 8.28. The summed E-state index contributed by atoms with van der Waals surface area (Å²) in [5, 5.41) is 6.39. The molecule has 0 aliphatic heterocycles. The molecule has 0 saturated heterocycles. The van der Waals surface area contributed by atoms with Crippen LogP contribution in [0.1, 0.15) is 18.2 Å². The number of hydrogen-bond acceptors (Lipinski definition) is 5. The van der Waals surface area contributed by atoms with Crippen LogP contribution in [0.3, 0.4) is 0 Å². The van der Waals surface area contributed by atoms with Gasteiger partial charge in [-0.25, -0.2) is 4.98 Å². The number of nitrogens with zero attached hydrogens (tertiary/aromatic N) is 1. The van der Waals surface area contributed by atoms with Crippen molar-refractivity contribution < 1.29 is 14.0 Å². The third-order valence-electron chi connectivity index (χ3n) is 4.27. The zero-order valence-electron chi connectivity index (χ0n) is 15.8. The number of thiazole rings is 1. The fraction of sp³-hybridized carbons (Fsp3) is 0.136. The Bertz CT molecular complexity index is 1130. The maximum absolute atomic E-state index is 12.2. The van der Waals surface area contributed by atoms with Crippen molar-refractivity contribution in [2.75, 3.05) is 5.32 Å². The largest absolute Gasteiger partial charge is 0.457 e. The summed E-state index contributed by atoms with van der Waals surface area (Å²) in [6, 6.07) is 18.9. The van der Waals surface area contributed by atoms with Crippen molar-refractivity contribution in [3.63, 3.8) is 0 Å². The molecule has 4 rings (SSSR count). The van der Waals surface area contributed by atoms with Gasteiger partial charge in [-0.1, -0.05) is 24.3 Å². The molecule has 7 heteroatoms. The van der Waals surface area contributed by atoms with Gasteiger partial charge >= 0.3 is 0 Å². The molecule has 29 heavy (non-hydrogen) atoms. The smallest absolute Gasteiger partial charge is 0.224 e. The van der Waals surface area contributed by atoms with Crippen molar-refractivity contribution in [3.05, 3.63) is 72.0 Å². The summed E-state index contributed by atoms with van der Waals surface area (Å²) in [5.41, 5.74) is 2.52. The first-order valence-electron chi connectivity index (χ1n) is 9.15. The van der Waals surface area contributed by atoms with E-state index in [1.165, 1.54) is 6.92 Å². The molecule has 4 aromatic rings. The van der Waals surface area contributed by atoms with Crippen LogP contribution in [0.5, 0.6) is 0 Å². The Hall–Kier alpha value is -3.45. The molecule has 2 N–H and O–H groups in total. The highest BCUT2D eigenvalue weighted by atomic mass is 32.1. The molecule has 2 amide bonds. The van der Waals surface area contributed by atoms with Gasteiger partial charge in [0, 0.05) is 12.6 Å². The van der Waals surface area contributed by atoms with E-state index in [0.29, 0.717) is 23.8 Å². The number of fused-ring (bicyclic) bond motifs is 1. The predicted molar refractivity (Wildman–Crippen MR) is 114 cm³/mol. The highest BCUT2D eigenvalue weighted by molar-refractivity contribution is 7.21. The van der Waals surface area contributed by atoms with Crippen molar-refractivity contribution in [2.45, 2.75) is 19.9 Å². The van der Waals surface area contributed by atoms with Crippen LogP contribution in [-0.4, -0.2) is 16.8 Å². The lowest BCUT2D eigenvalue weighted by molar-refractivity contribution is -0.120. The molecule has 2 aromatic heterocycles. The minimum Gasteiger partial charge on any atom is -0.457 e. The maximum atomic E-state index is 12.2. The number of furan rings is 1. The molecule has 6 nitrogen and oxygen atoms in total. The predicted octanol–water partition coefficient (Wildman–Crippen LogP) is 4.37. The van der Waals surface area contributed by atoms with Gasteiger partial charge in [0.15, 0.2) is 10.8 Å². The Balaban J connectivity index is 1.33. The van der Waals surface area contributed by atoms with Crippen molar-refractivity contribution in [2.24, 2.45) is 0 Å². The molecule has 2 aromatic carbocycles. The first-order chi connectivity index (χ1) is 14.1. The number of hydrogen-bond donors (Lipinski definition) is 2. The Kier molecular flexibility index (Phi) is 5.39. The lowest BCUT2D eigenvalue weighted by Gasteiger charge is -2.05. The van der Waals surface area contributed by atoms with Gasteiger partial charge < -0.3 is 15.1 Å². The summed E-state index contributed by atoms with van der Waals surface area (Å²) >= 11 is 1.58. The molecule has 0 radical (unpaired) electrons. The number of para-hydroxylation sites is 1. The number of carbonyl (C=O) groups excluding carboxylic acids is 2. The lowest BCUT2D eigenvalue weighted by atomic mass is 10.1. The van der Waals surface area contributed by atoms with Gasteiger partial charge in [0.05, 0.1) is 23.2 Å². The van der Waals surface area contributed by atoms with Gasteiger partial charge in [-0.05, 0) is 42.0 Å². The summed E-state index contributed by atoms with van der Waals surface area (Å²) in [7, 11) is 0. The number of nitrogens with one attached hydrogen (secondary N) is 2. The van der Waals surface area contributed by atoms with Gasteiger partial charge in [0.2, 0.25) is 11.8 Å². The number of amides is 2. The maximum Gasteiger partial charge on any atom is 0.224 e.